The van der Waals surface area contributed by atoms with Crippen LogP contribution in [0, 0.1) is 40.9 Å². The molecule has 0 aromatic carbocycles. The normalized spacial score (nSPS) is 46.0. The van der Waals surface area contributed by atoms with E-state index in [1.807, 2.05) is 0 Å². The van der Waals surface area contributed by atoms with E-state index in [2.05, 4.69) is 47.3 Å². The Morgan fingerprint density at radius 3 is 2.61 bits per heavy atom. The third kappa shape index (κ3) is 4.36. The van der Waals surface area contributed by atoms with Crippen molar-refractivity contribution < 1.29 is 29.3 Å². The zero-order valence-corrected chi connectivity index (χ0v) is 23.0. The first-order valence-electron chi connectivity index (χ1n) is 14.0. The number of esters is 2. The highest BCUT2D eigenvalue weighted by Crippen LogP contribution is 2.63. The number of hydrogen-bond acceptors (Lipinski definition) is 6. The van der Waals surface area contributed by atoms with Gasteiger partial charge >= 0.3 is 11.9 Å². The van der Waals surface area contributed by atoms with Crippen LogP contribution in [0.15, 0.2) is 23.8 Å². The second-order valence-corrected chi connectivity index (χ2v) is 12.8. The Balaban J connectivity index is 1.69. The van der Waals surface area contributed by atoms with Crippen molar-refractivity contribution in [1.82, 2.24) is 0 Å². The van der Waals surface area contributed by atoms with E-state index in [0.717, 1.165) is 32.1 Å². The first kappa shape index (κ1) is 27.4. The number of allylic oxidation sites excluding steroid dienone is 2. The molecule has 6 heteroatoms. The summed E-state index contributed by atoms with van der Waals surface area (Å²) in [5.74, 6) is -0.395. The summed E-state index contributed by atoms with van der Waals surface area (Å²) in [6, 6.07) is 0. The summed E-state index contributed by atoms with van der Waals surface area (Å²) in [4.78, 5) is 25.1. The van der Waals surface area contributed by atoms with E-state index in [1.165, 1.54) is 5.57 Å². The van der Waals surface area contributed by atoms with Gasteiger partial charge in [0, 0.05) is 18.3 Å². The third-order valence-corrected chi connectivity index (χ3v) is 10.2. The van der Waals surface area contributed by atoms with Gasteiger partial charge in [0.15, 0.2) is 6.10 Å². The van der Waals surface area contributed by atoms with Crippen LogP contribution in [0.4, 0.5) is 0 Å². The molecule has 2 N–H and O–H groups in total. The van der Waals surface area contributed by atoms with Crippen LogP contribution in [0.2, 0.25) is 0 Å². The van der Waals surface area contributed by atoms with E-state index in [0.29, 0.717) is 30.3 Å². The lowest BCUT2D eigenvalue weighted by Crippen LogP contribution is -2.63. The van der Waals surface area contributed by atoms with Crippen LogP contribution in [0.25, 0.3) is 0 Å². The number of carbonyl (C=O) groups excluding carboxylic acids is 2. The van der Waals surface area contributed by atoms with Crippen molar-refractivity contribution in [3.05, 3.63) is 23.8 Å². The Labute approximate surface area is 216 Å². The maximum Gasteiger partial charge on any atom is 0.338 e. The molecule has 4 aliphatic rings. The average Bonchev–Trinajstić information content (AvgIpc) is 3.09. The Kier molecular flexibility index (Phi) is 7.53. The number of ether oxygens (including phenoxy) is 2. The zero-order valence-electron chi connectivity index (χ0n) is 23.0. The molecule has 202 valence electrons. The van der Waals surface area contributed by atoms with Gasteiger partial charge in [0.25, 0.3) is 0 Å². The number of cyclic esters (lactones) is 1. The molecule has 0 aromatic rings. The zero-order chi connectivity index (χ0) is 26.6. The monoisotopic (exact) mass is 502 g/mol. The molecule has 10 unspecified atom stereocenters. The molecule has 2 saturated carbocycles. The number of carbonyl (C=O) groups is 2. The van der Waals surface area contributed by atoms with Gasteiger partial charge in [-0.05, 0) is 80.6 Å². The van der Waals surface area contributed by atoms with Crippen molar-refractivity contribution in [2.24, 2.45) is 40.9 Å². The van der Waals surface area contributed by atoms with Crippen LogP contribution in [-0.2, 0) is 19.1 Å². The summed E-state index contributed by atoms with van der Waals surface area (Å²) in [7, 11) is 0. The summed E-state index contributed by atoms with van der Waals surface area (Å²) in [6.45, 7) is 17.2. The SMILES string of the molecule is C=C1C2CC3C(C(C)C)C(OC(=O)CCCC)CC3(C)CC2/C(C)=C\CC2C(C)OC(=O)C(O)C12O. The minimum Gasteiger partial charge on any atom is -0.462 e. The lowest BCUT2D eigenvalue weighted by molar-refractivity contribution is -0.209. The van der Waals surface area contributed by atoms with Crippen molar-refractivity contribution in [3.8, 4) is 0 Å². The summed E-state index contributed by atoms with van der Waals surface area (Å²) in [6.07, 6.45) is 5.24. The van der Waals surface area contributed by atoms with E-state index in [9.17, 15) is 19.8 Å². The van der Waals surface area contributed by atoms with Crippen molar-refractivity contribution >= 4 is 11.9 Å². The van der Waals surface area contributed by atoms with Gasteiger partial charge in [0.1, 0.15) is 17.8 Å². The molecule has 0 bridgehead atoms. The van der Waals surface area contributed by atoms with Gasteiger partial charge in [0.2, 0.25) is 0 Å². The Morgan fingerprint density at radius 2 is 1.97 bits per heavy atom. The van der Waals surface area contributed by atoms with E-state index in [4.69, 9.17) is 9.47 Å². The van der Waals surface area contributed by atoms with Gasteiger partial charge in [0.05, 0.1) is 0 Å². The molecule has 36 heavy (non-hydrogen) atoms. The van der Waals surface area contributed by atoms with Crippen LogP contribution < -0.4 is 0 Å². The van der Waals surface area contributed by atoms with E-state index in [-0.39, 0.29) is 35.2 Å². The van der Waals surface area contributed by atoms with Crippen LogP contribution >= 0.6 is 0 Å². The summed E-state index contributed by atoms with van der Waals surface area (Å²) in [5.41, 5.74) is 0.111. The maximum absolute atomic E-state index is 12.6. The molecule has 1 aliphatic heterocycles. The highest BCUT2D eigenvalue weighted by atomic mass is 16.6. The predicted octanol–water partition coefficient (Wildman–Crippen LogP) is 4.97. The van der Waals surface area contributed by atoms with Crippen LogP contribution in [-0.4, -0.2) is 46.1 Å². The summed E-state index contributed by atoms with van der Waals surface area (Å²) in [5, 5.41) is 22.9. The van der Waals surface area contributed by atoms with Gasteiger partial charge < -0.3 is 19.7 Å². The molecule has 0 radical (unpaired) electrons. The van der Waals surface area contributed by atoms with Crippen molar-refractivity contribution in [2.45, 2.75) is 110 Å². The van der Waals surface area contributed by atoms with E-state index >= 15 is 0 Å². The molecular weight excluding hydrogens is 456 g/mol. The largest absolute Gasteiger partial charge is 0.462 e. The molecule has 1 heterocycles. The number of fused-ring (bicyclic) bond motifs is 3. The Morgan fingerprint density at radius 1 is 1.28 bits per heavy atom. The van der Waals surface area contributed by atoms with Crippen molar-refractivity contribution in [2.75, 3.05) is 0 Å². The fourth-order valence-corrected chi connectivity index (χ4v) is 8.27. The van der Waals surface area contributed by atoms with Gasteiger partial charge in [-0.25, -0.2) is 4.79 Å². The maximum atomic E-state index is 12.6. The van der Waals surface area contributed by atoms with Gasteiger partial charge in [-0.3, -0.25) is 4.79 Å². The molecule has 10 atom stereocenters. The second-order valence-electron chi connectivity index (χ2n) is 12.8. The lowest BCUT2D eigenvalue weighted by Gasteiger charge is -2.54. The first-order chi connectivity index (χ1) is 16.8. The van der Waals surface area contributed by atoms with Gasteiger partial charge in [-0.15, -0.1) is 0 Å². The van der Waals surface area contributed by atoms with Crippen molar-refractivity contribution in [3.63, 3.8) is 0 Å². The predicted molar refractivity (Wildman–Crippen MR) is 138 cm³/mol. The molecule has 1 saturated heterocycles. The summed E-state index contributed by atoms with van der Waals surface area (Å²) < 4.78 is 11.5. The van der Waals surface area contributed by atoms with Gasteiger partial charge in [-0.1, -0.05) is 52.3 Å². The second kappa shape index (κ2) is 9.90. The number of aliphatic hydroxyl groups is 2. The molecule has 3 fully saturated rings. The van der Waals surface area contributed by atoms with Crippen molar-refractivity contribution in [1.29, 1.82) is 0 Å². The van der Waals surface area contributed by atoms with Crippen LogP contribution in [0.5, 0.6) is 0 Å². The molecule has 4 rings (SSSR count). The standard InChI is InChI=1S/C30H46O6/c1-8-9-10-25(31)36-24-15-29(7)14-21-17(4)11-12-22-19(6)35-28(33)27(32)30(22,34)18(5)20(21)13-23(29)26(24)16(2)3/h11,16,19-24,26-27,32,34H,5,8-10,12-15H2,1-4,6-7H3/b17-11-. The summed E-state index contributed by atoms with van der Waals surface area (Å²) >= 11 is 0. The minimum absolute atomic E-state index is 0.000191. The van der Waals surface area contributed by atoms with Crippen LogP contribution in [0.1, 0.15) is 86.5 Å². The molecular formula is C30H46O6. The quantitative estimate of drug-likeness (QED) is 0.407. The Bertz CT molecular complexity index is 922. The minimum atomic E-state index is -1.72. The Hall–Kier alpha value is -1.66. The van der Waals surface area contributed by atoms with E-state index < -0.39 is 29.7 Å². The number of aliphatic hydroxyl groups excluding tert-OH is 1. The third-order valence-electron chi connectivity index (χ3n) is 10.2. The number of unbranched alkanes of at least 4 members (excludes halogenated alkanes) is 1. The topological polar surface area (TPSA) is 93.1 Å². The number of rotatable bonds is 5. The smallest absolute Gasteiger partial charge is 0.338 e. The van der Waals surface area contributed by atoms with Gasteiger partial charge in [-0.2, -0.15) is 0 Å². The van der Waals surface area contributed by atoms with E-state index in [1.54, 1.807) is 6.92 Å². The molecule has 3 aliphatic carbocycles. The highest BCUT2D eigenvalue weighted by Gasteiger charge is 2.62. The first-order valence-corrected chi connectivity index (χ1v) is 14.0. The fourth-order valence-electron chi connectivity index (χ4n) is 8.27. The average molecular weight is 503 g/mol. The molecule has 6 nitrogen and oxygen atoms in total. The number of hydrogen-bond donors (Lipinski definition) is 2. The molecule has 0 amide bonds. The van der Waals surface area contributed by atoms with Crippen LogP contribution in [0.3, 0.4) is 0 Å². The molecule has 0 aromatic heterocycles. The fraction of sp³-hybridized carbons (Fsp3) is 0.800. The highest BCUT2D eigenvalue weighted by molar-refractivity contribution is 5.78. The molecule has 0 spiro atoms. The lowest BCUT2D eigenvalue weighted by atomic mass is 9.53.